The molecule has 5 amide bonds. The molecule has 2 aliphatic heterocycles. The summed E-state index contributed by atoms with van der Waals surface area (Å²) in [5.74, 6) is 0.0112. The maximum absolute atomic E-state index is 13.0. The summed E-state index contributed by atoms with van der Waals surface area (Å²) in [5, 5.41) is 24.6. The average Bonchev–Trinajstić information content (AvgIpc) is 3.89. The van der Waals surface area contributed by atoms with Gasteiger partial charge in [-0.3, -0.25) is 4.79 Å². The van der Waals surface area contributed by atoms with Crippen LogP contribution in [0.25, 0.3) is 0 Å². The van der Waals surface area contributed by atoms with Crippen molar-refractivity contribution in [2.75, 3.05) is 81.8 Å². The summed E-state index contributed by atoms with van der Waals surface area (Å²) in [6.45, 7) is 12.4. The number of anilines is 8. The quantitative estimate of drug-likeness (QED) is 0.0498. The smallest absolute Gasteiger partial charge is 0.323 e. The zero-order valence-electron chi connectivity index (χ0n) is 32.1. The highest BCUT2D eigenvalue weighted by Crippen LogP contribution is 2.22. The van der Waals surface area contributed by atoms with E-state index in [1.165, 1.54) is 25.7 Å². The Bertz CT molecular complexity index is 1960. The van der Waals surface area contributed by atoms with Gasteiger partial charge in [0.05, 0.1) is 6.17 Å². The summed E-state index contributed by atoms with van der Waals surface area (Å²) < 4.78 is 0. The van der Waals surface area contributed by atoms with Crippen molar-refractivity contribution < 1.29 is 14.4 Å². The second-order valence-corrected chi connectivity index (χ2v) is 14.4. The molecule has 1 unspecified atom stereocenters. The second kappa shape index (κ2) is 20.0. The molecule has 0 saturated carbocycles. The van der Waals surface area contributed by atoms with Crippen LogP contribution in [0.15, 0.2) is 109 Å². The van der Waals surface area contributed by atoms with Gasteiger partial charge in [-0.15, -0.1) is 0 Å². The number of hydrogen-bond donors (Lipinski definition) is 8. The number of likely N-dealkylation sites (tertiary alicyclic amines) is 2. The number of carbonyl (C=O) groups excluding carboxylic acids is 3. The monoisotopic (exact) mass is 758 g/mol. The van der Waals surface area contributed by atoms with Crippen molar-refractivity contribution >= 4 is 63.5 Å². The number of nitrogens with zero attached hydrogens (tertiary/aromatic N) is 2. The zero-order chi connectivity index (χ0) is 39.1. The average molecular weight is 759 g/mol. The minimum Gasteiger partial charge on any atom is -0.366 e. The first-order valence-corrected chi connectivity index (χ1v) is 19.5. The predicted molar refractivity (Wildman–Crippen MR) is 230 cm³/mol. The number of benzene rings is 4. The Balaban J connectivity index is 0.932. The summed E-state index contributed by atoms with van der Waals surface area (Å²) in [5.41, 5.74) is 6.45. The fraction of sp³-hybridized carbons (Fsp3) is 0.326. The number of carbonyl (C=O) groups is 3. The molecule has 2 saturated heterocycles. The van der Waals surface area contributed by atoms with E-state index in [0.717, 1.165) is 74.1 Å². The van der Waals surface area contributed by atoms with Crippen LogP contribution in [-0.4, -0.2) is 73.2 Å². The Morgan fingerprint density at radius 1 is 0.518 bits per heavy atom. The maximum Gasteiger partial charge on any atom is 0.323 e. The third kappa shape index (κ3) is 13.1. The lowest BCUT2D eigenvalue weighted by molar-refractivity contribution is -0.116. The molecule has 0 aromatic heterocycles. The van der Waals surface area contributed by atoms with Crippen LogP contribution in [0.1, 0.15) is 45.4 Å². The third-order valence-electron chi connectivity index (χ3n) is 9.64. The molecule has 0 bridgehead atoms. The molecule has 2 heterocycles. The van der Waals surface area contributed by atoms with Gasteiger partial charge in [-0.05, 0) is 138 Å². The number of rotatable bonds is 17. The summed E-state index contributed by atoms with van der Waals surface area (Å²) in [6.07, 6.45) is 6.12. The fourth-order valence-electron chi connectivity index (χ4n) is 6.90. The zero-order valence-corrected chi connectivity index (χ0v) is 32.1. The van der Waals surface area contributed by atoms with Gasteiger partial charge in [0.1, 0.15) is 0 Å². The van der Waals surface area contributed by atoms with Gasteiger partial charge in [0.2, 0.25) is 5.91 Å². The lowest BCUT2D eigenvalue weighted by Crippen LogP contribution is -2.26. The number of amides is 5. The first-order chi connectivity index (χ1) is 27.2. The summed E-state index contributed by atoms with van der Waals surface area (Å²) >= 11 is 0. The molecule has 56 heavy (non-hydrogen) atoms. The van der Waals surface area contributed by atoms with E-state index in [1.54, 1.807) is 30.3 Å². The van der Waals surface area contributed by atoms with Gasteiger partial charge in [0.15, 0.2) is 0 Å². The van der Waals surface area contributed by atoms with Crippen molar-refractivity contribution in [3.05, 3.63) is 109 Å². The largest absolute Gasteiger partial charge is 0.366 e. The van der Waals surface area contributed by atoms with E-state index in [0.29, 0.717) is 29.2 Å². The highest BCUT2D eigenvalue weighted by atomic mass is 16.2. The molecule has 13 nitrogen and oxygen atoms in total. The SMILES string of the molecule is C=C(CCN1CCCC1)Nc1cccc(NC(=O)Nc2cccc(NC(=O)Nc3cccc(NC(C)Nc4cccc(NC(=O)CCN5CCCC5)c4)c3)c2)c1. The number of urea groups is 2. The van der Waals surface area contributed by atoms with Gasteiger partial charge < -0.3 is 52.3 Å². The van der Waals surface area contributed by atoms with Gasteiger partial charge in [-0.2, -0.15) is 0 Å². The van der Waals surface area contributed by atoms with Crippen LogP contribution in [0.5, 0.6) is 0 Å². The topological polar surface area (TPSA) is 154 Å². The van der Waals surface area contributed by atoms with E-state index in [4.69, 9.17) is 0 Å². The van der Waals surface area contributed by atoms with E-state index in [1.807, 2.05) is 73.7 Å². The van der Waals surface area contributed by atoms with E-state index in [2.05, 4.69) is 58.9 Å². The highest BCUT2D eigenvalue weighted by Gasteiger charge is 2.14. The van der Waals surface area contributed by atoms with Gasteiger partial charge >= 0.3 is 12.1 Å². The molecule has 2 fully saturated rings. The van der Waals surface area contributed by atoms with Crippen LogP contribution in [0.3, 0.4) is 0 Å². The van der Waals surface area contributed by atoms with Crippen molar-refractivity contribution in [1.82, 2.24) is 9.80 Å². The molecule has 0 radical (unpaired) electrons. The van der Waals surface area contributed by atoms with Crippen LogP contribution in [-0.2, 0) is 4.79 Å². The second-order valence-electron chi connectivity index (χ2n) is 14.4. The van der Waals surface area contributed by atoms with Crippen molar-refractivity contribution in [2.45, 2.75) is 51.6 Å². The fourth-order valence-corrected chi connectivity index (χ4v) is 6.90. The van der Waals surface area contributed by atoms with Crippen LogP contribution in [0.2, 0.25) is 0 Å². The first kappa shape index (κ1) is 39.6. The molecule has 1 atom stereocenters. The molecular formula is C43H54N10O3. The first-order valence-electron chi connectivity index (χ1n) is 19.5. The lowest BCUT2D eigenvalue weighted by Gasteiger charge is -2.19. The summed E-state index contributed by atoms with van der Waals surface area (Å²) in [6, 6.07) is 28.6. The van der Waals surface area contributed by atoms with Gasteiger partial charge in [0, 0.05) is 70.7 Å². The Morgan fingerprint density at radius 3 is 1.29 bits per heavy atom. The molecular weight excluding hydrogens is 705 g/mol. The van der Waals surface area contributed by atoms with Crippen LogP contribution >= 0.6 is 0 Å². The molecule has 4 aromatic rings. The van der Waals surface area contributed by atoms with E-state index in [-0.39, 0.29) is 12.1 Å². The Kier molecular flexibility index (Phi) is 14.2. The molecule has 6 rings (SSSR count). The molecule has 4 aromatic carbocycles. The normalized spacial score (nSPS) is 14.7. The minimum atomic E-state index is -0.430. The van der Waals surface area contributed by atoms with Crippen molar-refractivity contribution in [3.8, 4) is 0 Å². The van der Waals surface area contributed by atoms with Gasteiger partial charge in [0.25, 0.3) is 0 Å². The molecule has 0 aliphatic carbocycles. The van der Waals surface area contributed by atoms with Crippen molar-refractivity contribution in [1.29, 1.82) is 0 Å². The Morgan fingerprint density at radius 2 is 0.857 bits per heavy atom. The third-order valence-corrected chi connectivity index (χ3v) is 9.64. The van der Waals surface area contributed by atoms with Gasteiger partial charge in [-0.1, -0.05) is 30.8 Å². The summed E-state index contributed by atoms with van der Waals surface area (Å²) in [4.78, 5) is 43.1. The number of nitrogens with one attached hydrogen (secondary N) is 8. The Hall–Kier alpha value is -6.05. The molecule has 8 N–H and O–H groups in total. The van der Waals surface area contributed by atoms with E-state index < -0.39 is 12.1 Å². The molecule has 0 spiro atoms. The number of hydrogen-bond acceptors (Lipinski definition) is 8. The molecule has 13 heteroatoms. The van der Waals surface area contributed by atoms with E-state index in [9.17, 15) is 14.4 Å². The minimum absolute atomic E-state index is 0.0112. The van der Waals surface area contributed by atoms with Crippen molar-refractivity contribution in [2.24, 2.45) is 0 Å². The van der Waals surface area contributed by atoms with Crippen molar-refractivity contribution in [3.63, 3.8) is 0 Å². The van der Waals surface area contributed by atoms with Crippen LogP contribution in [0, 0.1) is 0 Å². The van der Waals surface area contributed by atoms with Crippen LogP contribution < -0.4 is 42.5 Å². The lowest BCUT2D eigenvalue weighted by atomic mass is 10.2. The van der Waals surface area contributed by atoms with Gasteiger partial charge in [-0.25, -0.2) is 9.59 Å². The Labute approximate surface area is 329 Å². The standard InChI is InChI=1S/C43H54N10O3/c1-31(19-25-52-21-3-4-22-52)44-33-11-7-15-37(27-33)48-42(55)50-39-17-10-18-40(30-39)51-43(56)49-38-16-9-13-35(29-38)46-32(2)45-34-12-8-14-36(28-34)47-41(54)20-26-53-23-5-6-24-53/h7-18,27-30,32,44-46H,1,3-6,19-26H2,2H3,(H,47,54)(H2,48,50,55)(H2,49,51,56). The van der Waals surface area contributed by atoms with E-state index >= 15 is 0 Å². The molecule has 294 valence electrons. The summed E-state index contributed by atoms with van der Waals surface area (Å²) in [7, 11) is 0. The molecule has 2 aliphatic rings. The predicted octanol–water partition coefficient (Wildman–Crippen LogP) is 8.68. The van der Waals surface area contributed by atoms with Crippen LogP contribution in [0.4, 0.5) is 55.1 Å². The highest BCUT2D eigenvalue weighted by molar-refractivity contribution is 6.02. The maximum atomic E-state index is 13.0.